The molecule has 1 amide bonds. The number of fused-ring (bicyclic) bond motifs is 1. The van der Waals surface area contributed by atoms with Crippen molar-refractivity contribution in [3.05, 3.63) is 46.5 Å². The van der Waals surface area contributed by atoms with Crippen LogP contribution in [0.5, 0.6) is 0 Å². The van der Waals surface area contributed by atoms with Crippen LogP contribution in [-0.2, 0) is 0 Å². The maximum atomic E-state index is 12.4. The number of aromatic nitrogens is 2. The fourth-order valence-electron chi connectivity index (χ4n) is 3.11. The molecule has 0 bridgehead atoms. The molecule has 6 nitrogen and oxygen atoms in total. The van der Waals surface area contributed by atoms with E-state index in [0.29, 0.717) is 12.2 Å². The van der Waals surface area contributed by atoms with E-state index in [4.69, 9.17) is 5.73 Å². The Labute approximate surface area is 128 Å². The van der Waals surface area contributed by atoms with Gasteiger partial charge in [-0.3, -0.25) is 14.0 Å². The predicted octanol–water partition coefficient (Wildman–Crippen LogP) is 0.942. The maximum absolute atomic E-state index is 12.4. The first-order chi connectivity index (χ1) is 10.7. The minimum atomic E-state index is -0.360. The zero-order valence-corrected chi connectivity index (χ0v) is 12.4. The molecule has 3 rings (SSSR count). The summed E-state index contributed by atoms with van der Waals surface area (Å²) in [6.07, 6.45) is 7.13. The molecular weight excluding hydrogens is 280 g/mol. The van der Waals surface area contributed by atoms with Crippen LogP contribution >= 0.6 is 0 Å². The summed E-state index contributed by atoms with van der Waals surface area (Å²) >= 11 is 0. The van der Waals surface area contributed by atoms with E-state index in [-0.39, 0.29) is 29.0 Å². The molecule has 116 valence electrons. The van der Waals surface area contributed by atoms with Gasteiger partial charge in [0.15, 0.2) is 0 Å². The van der Waals surface area contributed by atoms with Gasteiger partial charge in [-0.2, -0.15) is 0 Å². The molecule has 2 atom stereocenters. The van der Waals surface area contributed by atoms with Crippen LogP contribution in [-0.4, -0.2) is 27.9 Å². The second-order valence-corrected chi connectivity index (χ2v) is 5.77. The molecule has 1 saturated carbocycles. The lowest BCUT2D eigenvalue weighted by atomic mass is 9.84. The monoisotopic (exact) mass is 300 g/mol. The second-order valence-electron chi connectivity index (χ2n) is 5.77. The number of pyridine rings is 1. The van der Waals surface area contributed by atoms with E-state index in [2.05, 4.69) is 10.3 Å². The standard InChI is InChI=1S/C16H20N4O2/c17-9-11-5-1-2-6-13(11)19-15(21)12-10-18-14-7-3-4-8-20(14)16(12)22/h3-4,7-8,10-11,13H,1-2,5-6,9,17H2,(H,19,21). The number of hydrogen-bond donors (Lipinski definition) is 2. The van der Waals surface area contributed by atoms with Gasteiger partial charge in [0.1, 0.15) is 11.2 Å². The van der Waals surface area contributed by atoms with Gasteiger partial charge in [-0.1, -0.05) is 18.9 Å². The number of nitrogens with two attached hydrogens (primary N) is 1. The lowest BCUT2D eigenvalue weighted by Crippen LogP contribution is -2.46. The molecule has 2 heterocycles. The summed E-state index contributed by atoms with van der Waals surface area (Å²) in [5, 5.41) is 2.97. The topological polar surface area (TPSA) is 89.5 Å². The fraction of sp³-hybridized carbons (Fsp3) is 0.438. The van der Waals surface area contributed by atoms with Crippen LogP contribution in [0.3, 0.4) is 0 Å². The number of carbonyl (C=O) groups excluding carboxylic acids is 1. The van der Waals surface area contributed by atoms with Gasteiger partial charge in [0.05, 0.1) is 0 Å². The van der Waals surface area contributed by atoms with Gasteiger partial charge in [0.25, 0.3) is 11.5 Å². The molecule has 1 aliphatic rings. The Morgan fingerprint density at radius 2 is 2.18 bits per heavy atom. The highest BCUT2D eigenvalue weighted by Crippen LogP contribution is 2.23. The summed E-state index contributed by atoms with van der Waals surface area (Å²) in [6, 6.07) is 5.31. The molecule has 0 radical (unpaired) electrons. The Balaban J connectivity index is 1.86. The Kier molecular flexibility index (Phi) is 4.20. The summed E-state index contributed by atoms with van der Waals surface area (Å²) in [6.45, 7) is 0.555. The van der Waals surface area contributed by atoms with Crippen LogP contribution in [0.2, 0.25) is 0 Å². The first-order valence-electron chi connectivity index (χ1n) is 7.68. The minimum absolute atomic E-state index is 0.0436. The summed E-state index contributed by atoms with van der Waals surface area (Å²) in [7, 11) is 0. The average Bonchev–Trinajstić information content (AvgIpc) is 2.56. The van der Waals surface area contributed by atoms with E-state index in [1.54, 1.807) is 24.4 Å². The SMILES string of the molecule is NCC1CCCCC1NC(=O)c1cnc2ccccn2c1=O. The molecule has 22 heavy (non-hydrogen) atoms. The van der Waals surface area contributed by atoms with E-state index >= 15 is 0 Å². The zero-order valence-electron chi connectivity index (χ0n) is 12.4. The number of nitrogens with zero attached hydrogens (tertiary/aromatic N) is 2. The lowest BCUT2D eigenvalue weighted by Gasteiger charge is -2.31. The normalized spacial score (nSPS) is 21.7. The van der Waals surface area contributed by atoms with Crippen molar-refractivity contribution in [2.24, 2.45) is 11.7 Å². The summed E-state index contributed by atoms with van der Waals surface area (Å²) in [5.74, 6) is -0.0741. The van der Waals surface area contributed by atoms with Crippen LogP contribution < -0.4 is 16.6 Å². The van der Waals surface area contributed by atoms with Gasteiger partial charge in [-0.05, 0) is 37.4 Å². The fourth-order valence-corrected chi connectivity index (χ4v) is 3.11. The molecule has 0 aliphatic heterocycles. The van der Waals surface area contributed by atoms with Crippen molar-refractivity contribution < 1.29 is 4.79 Å². The van der Waals surface area contributed by atoms with Gasteiger partial charge in [0, 0.05) is 18.4 Å². The highest BCUT2D eigenvalue weighted by Gasteiger charge is 2.26. The minimum Gasteiger partial charge on any atom is -0.349 e. The number of nitrogens with one attached hydrogen (secondary N) is 1. The first-order valence-corrected chi connectivity index (χ1v) is 7.68. The highest BCUT2D eigenvalue weighted by atomic mass is 16.2. The average molecular weight is 300 g/mol. The molecule has 2 unspecified atom stereocenters. The number of carbonyl (C=O) groups is 1. The van der Waals surface area contributed by atoms with E-state index < -0.39 is 0 Å². The van der Waals surface area contributed by atoms with Crippen LogP contribution in [0.1, 0.15) is 36.0 Å². The van der Waals surface area contributed by atoms with E-state index in [1.807, 2.05) is 0 Å². The number of hydrogen-bond acceptors (Lipinski definition) is 4. The molecule has 2 aromatic heterocycles. The molecule has 3 N–H and O–H groups in total. The quantitative estimate of drug-likeness (QED) is 0.883. The van der Waals surface area contributed by atoms with Gasteiger partial charge in [-0.25, -0.2) is 4.98 Å². The van der Waals surface area contributed by atoms with Crippen LogP contribution in [0.25, 0.3) is 5.65 Å². The molecular formula is C16H20N4O2. The third-order valence-corrected chi connectivity index (χ3v) is 4.39. The Morgan fingerprint density at radius 3 is 3.00 bits per heavy atom. The third-order valence-electron chi connectivity index (χ3n) is 4.39. The van der Waals surface area contributed by atoms with Crippen molar-refractivity contribution >= 4 is 11.6 Å². The first kappa shape index (κ1) is 14.7. The van der Waals surface area contributed by atoms with Gasteiger partial charge in [0.2, 0.25) is 0 Å². The smallest absolute Gasteiger partial charge is 0.270 e. The van der Waals surface area contributed by atoms with Gasteiger partial charge < -0.3 is 11.1 Å². The molecule has 6 heteroatoms. The predicted molar refractivity (Wildman–Crippen MR) is 83.7 cm³/mol. The maximum Gasteiger partial charge on any atom is 0.270 e. The molecule has 0 spiro atoms. The van der Waals surface area contributed by atoms with E-state index in [1.165, 1.54) is 10.6 Å². The van der Waals surface area contributed by atoms with E-state index in [9.17, 15) is 9.59 Å². The Hall–Kier alpha value is -2.21. The Bertz CT molecular complexity index is 740. The molecule has 0 aromatic carbocycles. The third kappa shape index (κ3) is 2.74. The number of rotatable bonds is 3. The van der Waals surface area contributed by atoms with Crippen LogP contribution in [0.15, 0.2) is 35.4 Å². The van der Waals surface area contributed by atoms with Crippen molar-refractivity contribution in [1.29, 1.82) is 0 Å². The highest BCUT2D eigenvalue weighted by molar-refractivity contribution is 5.93. The van der Waals surface area contributed by atoms with Crippen molar-refractivity contribution in [1.82, 2.24) is 14.7 Å². The molecule has 1 fully saturated rings. The zero-order chi connectivity index (χ0) is 15.5. The molecule has 1 aliphatic carbocycles. The van der Waals surface area contributed by atoms with Gasteiger partial charge >= 0.3 is 0 Å². The Morgan fingerprint density at radius 1 is 1.36 bits per heavy atom. The van der Waals surface area contributed by atoms with Crippen molar-refractivity contribution in [3.8, 4) is 0 Å². The summed E-state index contributed by atoms with van der Waals surface area (Å²) < 4.78 is 1.39. The largest absolute Gasteiger partial charge is 0.349 e. The molecule has 2 aromatic rings. The van der Waals surface area contributed by atoms with Crippen LogP contribution in [0.4, 0.5) is 0 Å². The number of amides is 1. The second kappa shape index (κ2) is 6.27. The van der Waals surface area contributed by atoms with Crippen molar-refractivity contribution in [3.63, 3.8) is 0 Å². The van der Waals surface area contributed by atoms with E-state index in [0.717, 1.165) is 25.7 Å². The molecule has 0 saturated heterocycles. The van der Waals surface area contributed by atoms with Gasteiger partial charge in [-0.15, -0.1) is 0 Å². The van der Waals surface area contributed by atoms with Crippen molar-refractivity contribution in [2.75, 3.05) is 6.54 Å². The lowest BCUT2D eigenvalue weighted by molar-refractivity contribution is 0.0906. The summed E-state index contributed by atoms with van der Waals surface area (Å²) in [5.41, 5.74) is 6.04. The van der Waals surface area contributed by atoms with Crippen LogP contribution in [0, 0.1) is 5.92 Å². The van der Waals surface area contributed by atoms with Crippen molar-refractivity contribution in [2.45, 2.75) is 31.7 Å². The summed E-state index contributed by atoms with van der Waals surface area (Å²) in [4.78, 5) is 29.0.